The van der Waals surface area contributed by atoms with E-state index in [1.54, 1.807) is 15.9 Å². The quantitative estimate of drug-likeness (QED) is 0.464. The van der Waals surface area contributed by atoms with Crippen LogP contribution in [0.4, 0.5) is 0 Å². The molecule has 0 nitrogen and oxygen atoms in total. The minimum Gasteiger partial charge on any atom is -0.0626 e. The Morgan fingerprint density at radius 2 is 1.27 bits per heavy atom. The van der Waals surface area contributed by atoms with Gasteiger partial charge in [0.25, 0.3) is 0 Å². The zero-order valence-electron chi connectivity index (χ0n) is 15.1. The van der Waals surface area contributed by atoms with Crippen LogP contribution in [0, 0.1) is 6.92 Å². The fourth-order valence-electron chi connectivity index (χ4n) is 4.79. The Kier molecular flexibility index (Phi) is 3.58. The smallest absolute Gasteiger partial charge is 0.0626 e. The number of benzene rings is 4. The van der Waals surface area contributed by atoms with Crippen LogP contribution in [-0.2, 0) is 12.1 Å². The van der Waals surface area contributed by atoms with Gasteiger partial charge >= 0.3 is 0 Å². The van der Waals surface area contributed by atoms with E-state index < -0.39 is 8.07 Å². The van der Waals surface area contributed by atoms with Gasteiger partial charge in [0.15, 0.2) is 0 Å². The van der Waals surface area contributed by atoms with Crippen molar-refractivity contribution in [3.8, 4) is 0 Å². The Morgan fingerprint density at radius 1 is 0.615 bits per heavy atom. The monoisotopic (exact) mass is 350 g/mol. The van der Waals surface area contributed by atoms with Crippen molar-refractivity contribution in [1.82, 2.24) is 0 Å². The Balaban J connectivity index is 1.82. The minimum atomic E-state index is -1.89. The first-order valence-electron chi connectivity index (χ1n) is 9.39. The summed E-state index contributed by atoms with van der Waals surface area (Å²) >= 11 is 0. The van der Waals surface area contributed by atoms with E-state index in [2.05, 4.69) is 97.9 Å². The number of aryl methyl sites for hydroxylation is 1. The molecule has 0 aromatic heterocycles. The molecule has 5 rings (SSSR count). The van der Waals surface area contributed by atoms with Crippen molar-refractivity contribution in [2.24, 2.45) is 0 Å². The predicted octanol–water partition coefficient (Wildman–Crippen LogP) is 4.59. The fraction of sp³-hybridized carbons (Fsp3) is 0.120. The molecular formula is C25H22Si. The third-order valence-corrected chi connectivity index (χ3v) is 10.9. The standard InChI is InChI=1S/C25H22Si/c1-19-15-16-20-9-8-10-21-17-26(18-24(19)25(20)21,22-11-4-2-5-12-22)23-13-6-3-7-14-23/h2-16H,17-18H2,1H3. The summed E-state index contributed by atoms with van der Waals surface area (Å²) in [6.07, 6.45) is 0. The Hall–Kier alpha value is -2.64. The summed E-state index contributed by atoms with van der Waals surface area (Å²) in [5, 5.41) is 6.02. The maximum absolute atomic E-state index is 2.36. The van der Waals surface area contributed by atoms with Crippen molar-refractivity contribution >= 4 is 29.2 Å². The first-order chi connectivity index (χ1) is 12.8. The summed E-state index contributed by atoms with van der Waals surface area (Å²) in [5.74, 6) is 0. The third-order valence-electron chi connectivity index (χ3n) is 6.10. The molecule has 0 amide bonds. The van der Waals surface area contributed by atoms with Gasteiger partial charge in [0.2, 0.25) is 0 Å². The minimum absolute atomic E-state index is 1.19. The van der Waals surface area contributed by atoms with Gasteiger partial charge in [-0.25, -0.2) is 0 Å². The van der Waals surface area contributed by atoms with Gasteiger partial charge in [-0.2, -0.15) is 0 Å². The van der Waals surface area contributed by atoms with E-state index in [4.69, 9.17) is 0 Å². The molecule has 0 fully saturated rings. The lowest BCUT2D eigenvalue weighted by Crippen LogP contribution is -2.63. The van der Waals surface area contributed by atoms with Gasteiger partial charge < -0.3 is 0 Å². The largest absolute Gasteiger partial charge is 0.126 e. The highest BCUT2D eigenvalue weighted by Crippen LogP contribution is 2.35. The van der Waals surface area contributed by atoms with Crippen LogP contribution in [0.25, 0.3) is 10.8 Å². The molecule has 0 atom stereocenters. The topological polar surface area (TPSA) is 0 Å². The van der Waals surface area contributed by atoms with Crippen LogP contribution in [0.5, 0.6) is 0 Å². The summed E-state index contributed by atoms with van der Waals surface area (Å²) in [7, 11) is -1.89. The molecule has 1 aliphatic heterocycles. The summed E-state index contributed by atoms with van der Waals surface area (Å²) in [6, 6.07) is 36.4. The van der Waals surface area contributed by atoms with Crippen molar-refractivity contribution in [3.05, 3.63) is 108 Å². The molecule has 0 unspecified atom stereocenters. The zero-order chi connectivity index (χ0) is 17.6. The highest BCUT2D eigenvalue weighted by molar-refractivity contribution is 7.01. The predicted molar refractivity (Wildman–Crippen MR) is 114 cm³/mol. The van der Waals surface area contributed by atoms with Crippen molar-refractivity contribution < 1.29 is 0 Å². The number of hydrogen-bond donors (Lipinski definition) is 0. The average molecular weight is 351 g/mol. The first-order valence-corrected chi connectivity index (χ1v) is 11.8. The number of rotatable bonds is 2. The van der Waals surface area contributed by atoms with Gasteiger partial charge in [0.1, 0.15) is 8.07 Å². The lowest BCUT2D eigenvalue weighted by Gasteiger charge is -2.38. The van der Waals surface area contributed by atoms with Gasteiger partial charge in [-0.05, 0) is 46.5 Å². The molecule has 126 valence electrons. The highest BCUT2D eigenvalue weighted by atomic mass is 28.3. The van der Waals surface area contributed by atoms with Gasteiger partial charge in [-0.1, -0.05) is 101 Å². The lowest BCUT2D eigenvalue weighted by molar-refractivity contribution is 1.19. The molecule has 1 aliphatic rings. The SMILES string of the molecule is Cc1ccc2cccc3c2c1C[Si](c1ccccc1)(c1ccccc1)C3. The lowest BCUT2D eigenvalue weighted by atomic mass is 9.97. The molecule has 0 aliphatic carbocycles. The number of hydrogen-bond acceptors (Lipinski definition) is 0. The normalized spacial score (nSPS) is 15.1. The van der Waals surface area contributed by atoms with Crippen molar-refractivity contribution in [1.29, 1.82) is 0 Å². The maximum Gasteiger partial charge on any atom is 0.126 e. The van der Waals surface area contributed by atoms with E-state index in [0.717, 1.165) is 0 Å². The van der Waals surface area contributed by atoms with Crippen LogP contribution in [0.15, 0.2) is 91.0 Å². The van der Waals surface area contributed by atoms with Crippen LogP contribution in [-0.4, -0.2) is 8.07 Å². The van der Waals surface area contributed by atoms with Crippen LogP contribution in [0.3, 0.4) is 0 Å². The molecule has 0 radical (unpaired) electrons. The molecule has 1 heterocycles. The van der Waals surface area contributed by atoms with Gasteiger partial charge in [0, 0.05) is 0 Å². The Bertz CT molecular complexity index is 1040. The van der Waals surface area contributed by atoms with Gasteiger partial charge in [-0.15, -0.1) is 0 Å². The third kappa shape index (κ3) is 2.28. The summed E-state index contributed by atoms with van der Waals surface area (Å²) in [6.45, 7) is 2.28. The summed E-state index contributed by atoms with van der Waals surface area (Å²) < 4.78 is 0. The molecule has 0 N–H and O–H groups in total. The molecule has 4 aromatic rings. The van der Waals surface area contributed by atoms with Crippen molar-refractivity contribution in [3.63, 3.8) is 0 Å². The second kappa shape index (κ2) is 5.96. The van der Waals surface area contributed by atoms with Crippen LogP contribution < -0.4 is 10.4 Å². The fourth-order valence-corrected chi connectivity index (χ4v) is 9.73. The first kappa shape index (κ1) is 15.6. The molecule has 0 saturated heterocycles. The van der Waals surface area contributed by atoms with E-state index in [1.165, 1.54) is 34.0 Å². The van der Waals surface area contributed by atoms with Gasteiger partial charge in [0.05, 0.1) is 0 Å². The molecule has 0 spiro atoms. The maximum atomic E-state index is 2.36. The van der Waals surface area contributed by atoms with Crippen LogP contribution in [0.2, 0.25) is 0 Å². The zero-order valence-corrected chi connectivity index (χ0v) is 16.1. The molecule has 0 saturated carbocycles. The van der Waals surface area contributed by atoms with Crippen molar-refractivity contribution in [2.45, 2.75) is 19.0 Å². The van der Waals surface area contributed by atoms with Crippen LogP contribution >= 0.6 is 0 Å². The average Bonchev–Trinajstić information content (AvgIpc) is 2.72. The van der Waals surface area contributed by atoms with Crippen LogP contribution in [0.1, 0.15) is 16.7 Å². The van der Waals surface area contributed by atoms with E-state index in [-0.39, 0.29) is 0 Å². The second-order valence-corrected chi connectivity index (χ2v) is 11.6. The van der Waals surface area contributed by atoms with E-state index >= 15 is 0 Å². The second-order valence-electron chi connectivity index (χ2n) is 7.54. The molecule has 4 aromatic carbocycles. The van der Waals surface area contributed by atoms with Crippen molar-refractivity contribution in [2.75, 3.05) is 0 Å². The summed E-state index contributed by atoms with van der Waals surface area (Å²) in [4.78, 5) is 0. The highest BCUT2D eigenvalue weighted by Gasteiger charge is 2.41. The van der Waals surface area contributed by atoms with E-state index in [0.29, 0.717) is 0 Å². The Labute approximate surface area is 156 Å². The summed E-state index contributed by atoms with van der Waals surface area (Å²) in [5.41, 5.74) is 4.55. The van der Waals surface area contributed by atoms with E-state index in [9.17, 15) is 0 Å². The van der Waals surface area contributed by atoms with Gasteiger partial charge in [-0.3, -0.25) is 0 Å². The molecular weight excluding hydrogens is 328 g/mol. The Morgan fingerprint density at radius 3 is 1.92 bits per heavy atom. The molecule has 1 heteroatoms. The van der Waals surface area contributed by atoms with E-state index in [1.807, 2.05) is 0 Å². The molecule has 26 heavy (non-hydrogen) atoms. The molecule has 0 bridgehead atoms.